The Bertz CT molecular complexity index is 1650. The first kappa shape index (κ1) is 34.4. The Labute approximate surface area is 308 Å². The van der Waals surface area contributed by atoms with E-state index in [4.69, 9.17) is 15.2 Å². The van der Waals surface area contributed by atoms with E-state index < -0.39 is 5.95 Å². The number of carbonyl (C=O) groups is 1. The van der Waals surface area contributed by atoms with Gasteiger partial charge in [0.2, 0.25) is 11.8 Å². The average Bonchev–Trinajstić information content (AvgIpc) is 3.40. The molecular formula is C39H49BrFN7O3. The van der Waals surface area contributed by atoms with Crippen molar-refractivity contribution in [3.63, 3.8) is 0 Å². The third-order valence-electron chi connectivity index (χ3n) is 12.1. The van der Waals surface area contributed by atoms with Gasteiger partial charge < -0.3 is 34.8 Å². The maximum atomic E-state index is 13.9. The number of hydrogen-bond acceptors (Lipinski definition) is 9. The van der Waals surface area contributed by atoms with Crippen molar-refractivity contribution >= 4 is 39.2 Å². The number of amides is 1. The van der Waals surface area contributed by atoms with Crippen molar-refractivity contribution in [2.45, 2.75) is 76.2 Å². The van der Waals surface area contributed by atoms with Gasteiger partial charge in [0.05, 0.1) is 10.2 Å². The molecule has 4 saturated heterocycles. The van der Waals surface area contributed by atoms with Crippen molar-refractivity contribution in [1.82, 2.24) is 19.8 Å². The summed E-state index contributed by atoms with van der Waals surface area (Å²) >= 11 is 3.27. The number of carbonyl (C=O) groups excluding carboxylic acids is 1. The number of piperazine rings is 1. The molecule has 0 unspecified atom stereocenters. The highest BCUT2D eigenvalue weighted by molar-refractivity contribution is 9.10. The molecule has 4 aliphatic heterocycles. The Morgan fingerprint density at radius 3 is 2.37 bits per heavy atom. The zero-order valence-electron chi connectivity index (χ0n) is 29.2. The summed E-state index contributed by atoms with van der Waals surface area (Å²) in [6, 6.07) is 16.5. The third kappa shape index (κ3) is 7.77. The molecule has 2 bridgehead atoms. The number of fused-ring (bicyclic) bond motifs is 2. The van der Waals surface area contributed by atoms with Crippen LogP contribution in [0.25, 0.3) is 0 Å². The van der Waals surface area contributed by atoms with Crippen molar-refractivity contribution in [2.24, 2.45) is 17.8 Å². The van der Waals surface area contributed by atoms with E-state index in [9.17, 15) is 9.18 Å². The first-order valence-corrected chi connectivity index (χ1v) is 19.6. The van der Waals surface area contributed by atoms with Crippen LogP contribution < -0.4 is 20.3 Å². The number of anilines is 3. The number of rotatable bonds is 9. The number of benzene rings is 1. The fourth-order valence-electron chi connectivity index (χ4n) is 9.21. The van der Waals surface area contributed by atoms with Gasteiger partial charge >= 0.3 is 6.09 Å². The van der Waals surface area contributed by atoms with Crippen LogP contribution in [0.15, 0.2) is 59.2 Å². The molecule has 5 aliphatic rings. The smallest absolute Gasteiger partial charge is 0.410 e. The van der Waals surface area contributed by atoms with Gasteiger partial charge in [-0.25, -0.2) is 9.78 Å². The van der Waals surface area contributed by atoms with Crippen LogP contribution >= 0.6 is 15.9 Å². The molecule has 0 spiro atoms. The summed E-state index contributed by atoms with van der Waals surface area (Å²) in [5, 5.41) is 0. The minimum Gasteiger partial charge on any atom is -0.474 e. The monoisotopic (exact) mass is 761 g/mol. The molecule has 2 aromatic heterocycles. The van der Waals surface area contributed by atoms with Gasteiger partial charge in [0.25, 0.3) is 0 Å². The van der Waals surface area contributed by atoms with E-state index in [0.29, 0.717) is 29.1 Å². The normalized spacial score (nSPS) is 25.9. The van der Waals surface area contributed by atoms with Gasteiger partial charge in [0.15, 0.2) is 0 Å². The van der Waals surface area contributed by atoms with Crippen LogP contribution in [-0.2, 0) is 11.3 Å². The van der Waals surface area contributed by atoms with E-state index >= 15 is 0 Å². The second-order valence-electron chi connectivity index (χ2n) is 15.3. The molecule has 1 saturated carbocycles. The lowest BCUT2D eigenvalue weighted by molar-refractivity contribution is 0.00674. The molecule has 5 fully saturated rings. The Kier molecular flexibility index (Phi) is 10.2. The molecule has 12 heteroatoms. The minimum atomic E-state index is -0.578. The first-order chi connectivity index (χ1) is 24.9. The number of aromatic nitrogens is 2. The van der Waals surface area contributed by atoms with Crippen LogP contribution in [0, 0.1) is 23.7 Å². The number of nitrogen functional groups attached to an aromatic ring is 1. The van der Waals surface area contributed by atoms with Crippen LogP contribution in [0.2, 0.25) is 0 Å². The minimum absolute atomic E-state index is 0.187. The van der Waals surface area contributed by atoms with Crippen LogP contribution in [0.5, 0.6) is 5.88 Å². The second kappa shape index (κ2) is 15.1. The van der Waals surface area contributed by atoms with Crippen LogP contribution in [-0.4, -0.2) is 89.9 Å². The largest absolute Gasteiger partial charge is 0.474 e. The SMILES string of the molecule is Nc1nc(F)c(Br)cc1N1C[C@H]2CC[C@H](C1)N2c1ccnc(OC2CC(C3CCN(CC4CCN(C(=O)OCc5ccccc5)CC4)CC3)C2)c1. The lowest BCUT2D eigenvalue weighted by Crippen LogP contribution is -2.54. The predicted octanol–water partition coefficient (Wildman–Crippen LogP) is 6.74. The molecule has 6 heterocycles. The fraction of sp³-hybridized carbons (Fsp3) is 0.564. The first-order valence-electron chi connectivity index (χ1n) is 18.8. The molecular weight excluding hydrogens is 713 g/mol. The van der Waals surface area contributed by atoms with E-state index in [2.05, 4.69) is 52.7 Å². The number of nitrogens with zero attached hydrogens (tertiary/aromatic N) is 6. The van der Waals surface area contributed by atoms with E-state index in [1.807, 2.05) is 41.4 Å². The summed E-state index contributed by atoms with van der Waals surface area (Å²) < 4.78 is 26.3. The molecule has 51 heavy (non-hydrogen) atoms. The second-order valence-corrected chi connectivity index (χ2v) is 16.1. The standard InChI is InChI=1S/C39H49BrFN7O3/c40-34-21-35(38(42)44-37(34)41)47-23-31-6-7-32(24-47)48(31)30-8-13-43-36(20-30)51-33-18-29(19-33)28-11-14-45(15-12-28)22-26-9-16-46(17-10-26)39(49)50-25-27-4-2-1-3-5-27/h1-5,8,13,20-21,26,28-29,31-33H,6-7,9-12,14-19,22-25H2,(H2,42,44)/t29?,31-,32-,33?/m1/s1. The van der Waals surface area contributed by atoms with E-state index in [-0.39, 0.29) is 18.0 Å². The lowest BCUT2D eigenvalue weighted by atomic mass is 9.70. The van der Waals surface area contributed by atoms with Crippen LogP contribution in [0.4, 0.5) is 26.4 Å². The molecule has 1 aromatic carbocycles. The van der Waals surface area contributed by atoms with E-state index in [1.54, 1.807) is 6.07 Å². The Hall–Kier alpha value is -3.64. The number of hydrogen-bond donors (Lipinski definition) is 1. The Balaban J connectivity index is 0.750. The van der Waals surface area contributed by atoms with Gasteiger partial charge in [-0.3, -0.25) is 0 Å². The highest BCUT2D eigenvalue weighted by atomic mass is 79.9. The number of likely N-dealkylation sites (tertiary alicyclic amines) is 2. The number of piperidine rings is 2. The van der Waals surface area contributed by atoms with Crippen molar-refractivity contribution < 1.29 is 18.7 Å². The molecule has 3 aromatic rings. The summed E-state index contributed by atoms with van der Waals surface area (Å²) in [4.78, 5) is 30.4. The highest BCUT2D eigenvalue weighted by Crippen LogP contribution is 2.42. The number of halogens is 2. The molecule has 1 amide bonds. The summed E-state index contributed by atoms with van der Waals surface area (Å²) in [6.45, 7) is 7.03. The Morgan fingerprint density at radius 1 is 0.922 bits per heavy atom. The van der Waals surface area contributed by atoms with Crippen molar-refractivity contribution in [2.75, 3.05) is 61.3 Å². The summed E-state index contributed by atoms with van der Waals surface area (Å²) in [7, 11) is 0. The van der Waals surface area contributed by atoms with Gasteiger partial charge in [-0.05, 0) is 116 Å². The van der Waals surface area contributed by atoms with Gasteiger partial charge in [0, 0.05) is 62.8 Å². The van der Waals surface area contributed by atoms with Crippen LogP contribution in [0.1, 0.15) is 56.9 Å². The molecule has 10 nitrogen and oxygen atoms in total. The van der Waals surface area contributed by atoms with Gasteiger partial charge in [-0.2, -0.15) is 9.37 Å². The van der Waals surface area contributed by atoms with Crippen molar-refractivity contribution in [1.29, 1.82) is 0 Å². The number of pyridine rings is 2. The average molecular weight is 763 g/mol. The van der Waals surface area contributed by atoms with Crippen molar-refractivity contribution in [3.8, 4) is 5.88 Å². The zero-order valence-corrected chi connectivity index (χ0v) is 30.8. The lowest BCUT2D eigenvalue weighted by Gasteiger charge is -2.44. The van der Waals surface area contributed by atoms with Crippen LogP contribution in [0.3, 0.4) is 0 Å². The molecule has 1 aliphatic carbocycles. The zero-order chi connectivity index (χ0) is 34.9. The maximum absolute atomic E-state index is 13.9. The van der Waals surface area contributed by atoms with Gasteiger partial charge in [-0.1, -0.05) is 30.3 Å². The fourth-order valence-corrected chi connectivity index (χ4v) is 9.51. The molecule has 2 N–H and O–H groups in total. The molecule has 2 atom stereocenters. The topological polar surface area (TPSA) is 100 Å². The summed E-state index contributed by atoms with van der Waals surface area (Å²) in [5.41, 5.74) is 9.10. The van der Waals surface area contributed by atoms with Gasteiger partial charge in [-0.15, -0.1) is 0 Å². The highest BCUT2D eigenvalue weighted by Gasteiger charge is 2.42. The van der Waals surface area contributed by atoms with Crippen molar-refractivity contribution in [3.05, 3.63) is 70.7 Å². The number of ether oxygens (including phenoxy) is 2. The van der Waals surface area contributed by atoms with Gasteiger partial charge in [0.1, 0.15) is 18.5 Å². The Morgan fingerprint density at radius 2 is 1.65 bits per heavy atom. The summed E-state index contributed by atoms with van der Waals surface area (Å²) in [5.74, 6) is 2.55. The maximum Gasteiger partial charge on any atom is 0.410 e. The third-order valence-corrected chi connectivity index (χ3v) is 12.6. The molecule has 272 valence electrons. The van der Waals surface area contributed by atoms with E-state index in [0.717, 1.165) is 106 Å². The molecule has 0 radical (unpaired) electrons. The quantitative estimate of drug-likeness (QED) is 0.238. The molecule has 8 rings (SSSR count). The number of nitrogens with two attached hydrogens (primary N) is 1. The summed E-state index contributed by atoms with van der Waals surface area (Å²) in [6.07, 6.45) is 11.0. The van der Waals surface area contributed by atoms with E-state index in [1.165, 1.54) is 25.9 Å². The predicted molar refractivity (Wildman–Crippen MR) is 199 cm³/mol.